The standard InChI is InChI=1S/C12H13Cl3N4O4/c1-4(2)17-12(22)18-5(20)3-23-11(21)9-6(13)8(16)7(14)10(15)19-9/h4H,3H2,1-2H3,(H2,16,19)(H2,17,18,20,22). The van der Waals surface area contributed by atoms with Gasteiger partial charge in [0.1, 0.15) is 5.02 Å². The predicted molar refractivity (Wildman–Crippen MR) is 85.8 cm³/mol. The number of anilines is 1. The second kappa shape index (κ2) is 8.19. The summed E-state index contributed by atoms with van der Waals surface area (Å²) in [5.41, 5.74) is 5.03. The average molecular weight is 384 g/mol. The van der Waals surface area contributed by atoms with Crippen molar-refractivity contribution in [2.45, 2.75) is 19.9 Å². The summed E-state index contributed by atoms with van der Waals surface area (Å²) in [6.45, 7) is 2.71. The smallest absolute Gasteiger partial charge is 0.359 e. The van der Waals surface area contributed by atoms with Gasteiger partial charge in [0, 0.05) is 6.04 Å². The number of carbonyl (C=O) groups excluding carboxylic acids is 3. The molecular weight excluding hydrogens is 371 g/mol. The number of carbonyl (C=O) groups is 3. The molecule has 11 heteroatoms. The van der Waals surface area contributed by atoms with Crippen molar-refractivity contribution in [3.8, 4) is 0 Å². The lowest BCUT2D eigenvalue weighted by Crippen LogP contribution is -2.44. The Kier molecular flexibility index (Phi) is 6.86. The van der Waals surface area contributed by atoms with Crippen molar-refractivity contribution in [1.29, 1.82) is 0 Å². The number of nitrogens with zero attached hydrogens (tertiary/aromatic N) is 1. The van der Waals surface area contributed by atoms with E-state index in [9.17, 15) is 14.4 Å². The SMILES string of the molecule is CC(C)NC(=O)NC(=O)COC(=O)c1nc(Cl)c(Cl)c(N)c1Cl. The summed E-state index contributed by atoms with van der Waals surface area (Å²) in [5.74, 6) is -1.87. The highest BCUT2D eigenvalue weighted by atomic mass is 35.5. The molecule has 0 radical (unpaired) electrons. The van der Waals surface area contributed by atoms with Crippen LogP contribution in [0, 0.1) is 0 Å². The maximum absolute atomic E-state index is 11.8. The number of amides is 3. The third kappa shape index (κ3) is 5.42. The summed E-state index contributed by atoms with van der Waals surface area (Å²) in [5, 5.41) is 3.82. The minimum atomic E-state index is -1.04. The van der Waals surface area contributed by atoms with Crippen LogP contribution in [0.15, 0.2) is 0 Å². The summed E-state index contributed by atoms with van der Waals surface area (Å²) in [6, 6.07) is -0.872. The van der Waals surface area contributed by atoms with E-state index < -0.39 is 30.2 Å². The van der Waals surface area contributed by atoms with Crippen molar-refractivity contribution >= 4 is 58.4 Å². The maximum Gasteiger partial charge on any atom is 0.359 e. The molecule has 1 aromatic rings. The van der Waals surface area contributed by atoms with Gasteiger partial charge in [-0.25, -0.2) is 14.6 Å². The Morgan fingerprint density at radius 2 is 1.83 bits per heavy atom. The molecule has 1 rings (SSSR count). The zero-order chi connectivity index (χ0) is 17.7. The molecule has 0 aliphatic rings. The summed E-state index contributed by atoms with van der Waals surface area (Å²) in [4.78, 5) is 38.3. The molecular formula is C12H13Cl3N4O4. The predicted octanol–water partition coefficient (Wildman–Crippen LogP) is 2.01. The number of esters is 1. The fraction of sp³-hybridized carbons (Fsp3) is 0.333. The molecule has 0 atom stereocenters. The van der Waals surface area contributed by atoms with Gasteiger partial charge in [0.2, 0.25) is 0 Å². The van der Waals surface area contributed by atoms with Crippen LogP contribution in [-0.4, -0.2) is 35.5 Å². The number of nitrogen functional groups attached to an aromatic ring is 1. The number of rotatable bonds is 4. The highest BCUT2D eigenvalue weighted by Gasteiger charge is 2.22. The Balaban J connectivity index is 2.68. The number of hydrogen-bond acceptors (Lipinski definition) is 6. The molecule has 0 aliphatic carbocycles. The zero-order valence-electron chi connectivity index (χ0n) is 12.1. The molecule has 126 valence electrons. The first kappa shape index (κ1) is 19.3. The van der Waals surface area contributed by atoms with Gasteiger partial charge in [0.15, 0.2) is 17.5 Å². The molecule has 0 spiro atoms. The molecule has 0 unspecified atom stereocenters. The molecule has 8 nitrogen and oxygen atoms in total. The number of halogens is 3. The number of ether oxygens (including phenoxy) is 1. The summed E-state index contributed by atoms with van der Waals surface area (Å²) in [7, 11) is 0. The first-order chi connectivity index (χ1) is 10.6. The van der Waals surface area contributed by atoms with Crippen molar-refractivity contribution in [3.05, 3.63) is 20.9 Å². The van der Waals surface area contributed by atoms with E-state index in [1.54, 1.807) is 13.8 Å². The van der Waals surface area contributed by atoms with E-state index in [1.165, 1.54) is 0 Å². The Morgan fingerprint density at radius 3 is 2.39 bits per heavy atom. The third-order valence-corrected chi connectivity index (χ3v) is 3.41. The molecule has 0 fully saturated rings. The molecule has 23 heavy (non-hydrogen) atoms. The quantitative estimate of drug-likeness (QED) is 0.540. The number of aromatic nitrogens is 1. The Hall–Kier alpha value is -1.77. The van der Waals surface area contributed by atoms with Crippen LogP contribution in [0.5, 0.6) is 0 Å². The van der Waals surface area contributed by atoms with Crippen LogP contribution < -0.4 is 16.4 Å². The number of nitrogens with one attached hydrogen (secondary N) is 2. The van der Waals surface area contributed by atoms with Gasteiger partial charge < -0.3 is 15.8 Å². The monoisotopic (exact) mass is 382 g/mol. The van der Waals surface area contributed by atoms with Gasteiger partial charge in [0.25, 0.3) is 5.91 Å². The molecule has 0 saturated carbocycles. The fourth-order valence-corrected chi connectivity index (χ4v) is 1.91. The van der Waals surface area contributed by atoms with Gasteiger partial charge in [-0.1, -0.05) is 34.8 Å². The van der Waals surface area contributed by atoms with Gasteiger partial charge in [0.05, 0.1) is 10.7 Å². The molecule has 4 N–H and O–H groups in total. The summed E-state index contributed by atoms with van der Waals surface area (Å²) in [6.07, 6.45) is 0. The van der Waals surface area contributed by atoms with Gasteiger partial charge in [-0.15, -0.1) is 0 Å². The van der Waals surface area contributed by atoms with Crippen LogP contribution in [-0.2, 0) is 9.53 Å². The minimum absolute atomic E-state index is 0.101. The molecule has 0 bridgehead atoms. The Labute approximate surface area is 146 Å². The highest BCUT2D eigenvalue weighted by Crippen LogP contribution is 2.34. The lowest BCUT2D eigenvalue weighted by molar-refractivity contribution is -0.123. The fourth-order valence-electron chi connectivity index (χ4n) is 1.33. The minimum Gasteiger partial charge on any atom is -0.451 e. The zero-order valence-corrected chi connectivity index (χ0v) is 14.3. The first-order valence-corrected chi connectivity index (χ1v) is 7.34. The number of nitrogens with two attached hydrogens (primary N) is 1. The normalized spacial score (nSPS) is 10.3. The van der Waals surface area contributed by atoms with Crippen LogP contribution >= 0.6 is 34.8 Å². The van der Waals surface area contributed by atoms with Crippen LogP contribution in [0.4, 0.5) is 10.5 Å². The van der Waals surface area contributed by atoms with Crippen LogP contribution in [0.2, 0.25) is 15.2 Å². The van der Waals surface area contributed by atoms with Gasteiger partial charge >= 0.3 is 12.0 Å². The maximum atomic E-state index is 11.8. The van der Waals surface area contributed by atoms with Crippen molar-refractivity contribution in [2.75, 3.05) is 12.3 Å². The molecule has 3 amide bonds. The second-order valence-corrected chi connectivity index (χ2v) is 5.66. The van der Waals surface area contributed by atoms with E-state index in [0.717, 1.165) is 0 Å². The molecule has 0 aliphatic heterocycles. The van der Waals surface area contributed by atoms with Crippen molar-refractivity contribution < 1.29 is 19.1 Å². The highest BCUT2D eigenvalue weighted by molar-refractivity contribution is 6.46. The van der Waals surface area contributed by atoms with E-state index in [0.29, 0.717) is 0 Å². The van der Waals surface area contributed by atoms with Crippen LogP contribution in [0.1, 0.15) is 24.3 Å². The summed E-state index contributed by atoms with van der Waals surface area (Å²) < 4.78 is 4.69. The molecule has 1 aromatic heterocycles. The van der Waals surface area contributed by atoms with Crippen molar-refractivity contribution in [2.24, 2.45) is 0 Å². The van der Waals surface area contributed by atoms with E-state index in [-0.39, 0.29) is 26.9 Å². The topological polar surface area (TPSA) is 123 Å². The van der Waals surface area contributed by atoms with Gasteiger partial charge in [-0.05, 0) is 13.8 Å². The Bertz CT molecular complexity index is 652. The van der Waals surface area contributed by atoms with Crippen molar-refractivity contribution in [3.63, 3.8) is 0 Å². The Morgan fingerprint density at radius 1 is 1.22 bits per heavy atom. The first-order valence-electron chi connectivity index (χ1n) is 6.20. The number of pyridine rings is 1. The molecule has 0 aromatic carbocycles. The number of hydrogen-bond donors (Lipinski definition) is 3. The summed E-state index contributed by atoms with van der Waals surface area (Å²) >= 11 is 17.2. The van der Waals surface area contributed by atoms with E-state index >= 15 is 0 Å². The van der Waals surface area contributed by atoms with Crippen LogP contribution in [0.25, 0.3) is 0 Å². The van der Waals surface area contributed by atoms with Gasteiger partial charge in [-0.3, -0.25) is 10.1 Å². The lowest BCUT2D eigenvalue weighted by atomic mass is 10.3. The number of imide groups is 1. The molecule has 1 heterocycles. The molecule has 0 saturated heterocycles. The largest absolute Gasteiger partial charge is 0.451 e. The van der Waals surface area contributed by atoms with Crippen LogP contribution in [0.3, 0.4) is 0 Å². The van der Waals surface area contributed by atoms with E-state index in [2.05, 4.69) is 10.3 Å². The van der Waals surface area contributed by atoms with Gasteiger partial charge in [-0.2, -0.15) is 0 Å². The van der Waals surface area contributed by atoms with E-state index in [4.69, 9.17) is 45.3 Å². The second-order valence-electron chi connectivity index (χ2n) is 4.55. The lowest BCUT2D eigenvalue weighted by Gasteiger charge is -2.10. The van der Waals surface area contributed by atoms with Crippen molar-refractivity contribution in [1.82, 2.24) is 15.6 Å². The third-order valence-electron chi connectivity index (χ3n) is 2.27. The number of urea groups is 1. The average Bonchev–Trinajstić information content (AvgIpc) is 2.45. The van der Waals surface area contributed by atoms with E-state index in [1.807, 2.05) is 5.32 Å².